The van der Waals surface area contributed by atoms with Gasteiger partial charge in [-0.25, -0.2) is 0 Å². The van der Waals surface area contributed by atoms with E-state index in [1.807, 2.05) is 54.6 Å². The summed E-state index contributed by atoms with van der Waals surface area (Å²) in [5.74, 6) is 15.7. The van der Waals surface area contributed by atoms with Gasteiger partial charge in [0.2, 0.25) is 12.5 Å². The van der Waals surface area contributed by atoms with Crippen LogP contribution in [0.1, 0.15) is 22.3 Å². The zero-order valence-corrected chi connectivity index (χ0v) is 17.4. The van der Waals surface area contributed by atoms with Crippen molar-refractivity contribution in [1.29, 1.82) is 0 Å². The van der Waals surface area contributed by atoms with Gasteiger partial charge in [-0.2, -0.15) is 0 Å². The fourth-order valence-electron chi connectivity index (χ4n) is 3.05. The molecule has 1 heterocycles. The molecular formula is C26H20O5. The third-order valence-corrected chi connectivity index (χ3v) is 4.62. The van der Waals surface area contributed by atoms with Gasteiger partial charge in [0.05, 0.1) is 21.3 Å². The van der Waals surface area contributed by atoms with Gasteiger partial charge in [-0.05, 0) is 54.6 Å². The Balaban J connectivity index is 1.51. The summed E-state index contributed by atoms with van der Waals surface area (Å²) in [5.41, 5.74) is 3.41. The van der Waals surface area contributed by atoms with Crippen molar-refractivity contribution in [3.8, 4) is 52.4 Å². The minimum absolute atomic E-state index is 0.255. The molecule has 0 aliphatic carbocycles. The fourth-order valence-corrected chi connectivity index (χ4v) is 3.05. The van der Waals surface area contributed by atoms with Crippen LogP contribution >= 0.6 is 0 Å². The molecule has 1 aliphatic rings. The molecule has 5 nitrogen and oxygen atoms in total. The van der Waals surface area contributed by atoms with Crippen LogP contribution in [0.25, 0.3) is 0 Å². The monoisotopic (exact) mass is 412 g/mol. The van der Waals surface area contributed by atoms with Crippen molar-refractivity contribution < 1.29 is 23.7 Å². The third kappa shape index (κ3) is 4.52. The predicted octanol–water partition coefficient (Wildman–Crippen LogP) is 4.24. The maximum absolute atomic E-state index is 5.38. The lowest BCUT2D eigenvalue weighted by atomic mass is 10.1. The molecule has 0 unspecified atom stereocenters. The summed E-state index contributed by atoms with van der Waals surface area (Å²) < 4.78 is 26.8. The summed E-state index contributed by atoms with van der Waals surface area (Å²) >= 11 is 0. The highest BCUT2D eigenvalue weighted by molar-refractivity contribution is 5.58. The molecule has 0 N–H and O–H groups in total. The number of hydrogen-bond donors (Lipinski definition) is 0. The Morgan fingerprint density at radius 2 is 1.10 bits per heavy atom. The topological polar surface area (TPSA) is 46.2 Å². The normalized spacial score (nSPS) is 10.9. The summed E-state index contributed by atoms with van der Waals surface area (Å²) in [4.78, 5) is 0. The molecule has 0 atom stereocenters. The molecule has 0 amide bonds. The van der Waals surface area contributed by atoms with Crippen LogP contribution in [0.2, 0.25) is 0 Å². The Kier molecular flexibility index (Phi) is 5.87. The van der Waals surface area contributed by atoms with Crippen molar-refractivity contribution in [2.24, 2.45) is 0 Å². The lowest BCUT2D eigenvalue weighted by Gasteiger charge is -2.12. The first kappa shape index (κ1) is 20.1. The Labute approximate surface area is 181 Å². The minimum Gasteiger partial charge on any atom is -0.493 e. The molecule has 1 aliphatic heterocycles. The molecule has 0 radical (unpaired) electrons. The van der Waals surface area contributed by atoms with Crippen LogP contribution in [0.5, 0.6) is 28.7 Å². The number of ether oxygens (including phenoxy) is 5. The van der Waals surface area contributed by atoms with Gasteiger partial charge in [-0.15, -0.1) is 0 Å². The maximum Gasteiger partial charge on any atom is 0.231 e. The SMILES string of the molecule is COc1cc(C#Cc2ccc(C#Cc3ccc4c(c3)OCO4)cc2)cc(OC)c1OC. The zero-order valence-electron chi connectivity index (χ0n) is 17.4. The Bertz CT molecular complexity index is 1200. The number of methoxy groups -OCH3 is 3. The van der Waals surface area contributed by atoms with Crippen molar-refractivity contribution in [3.05, 3.63) is 76.9 Å². The van der Waals surface area contributed by atoms with Gasteiger partial charge in [0.1, 0.15) is 0 Å². The van der Waals surface area contributed by atoms with Crippen molar-refractivity contribution in [1.82, 2.24) is 0 Å². The van der Waals surface area contributed by atoms with E-state index in [0.717, 1.165) is 33.8 Å². The molecular weight excluding hydrogens is 392 g/mol. The van der Waals surface area contributed by atoms with E-state index in [2.05, 4.69) is 23.7 Å². The van der Waals surface area contributed by atoms with Crippen LogP contribution in [0.3, 0.4) is 0 Å². The van der Waals surface area contributed by atoms with E-state index < -0.39 is 0 Å². The Morgan fingerprint density at radius 3 is 1.68 bits per heavy atom. The van der Waals surface area contributed by atoms with E-state index in [4.69, 9.17) is 23.7 Å². The molecule has 0 spiro atoms. The first-order chi connectivity index (χ1) is 15.2. The van der Waals surface area contributed by atoms with Crippen LogP contribution in [-0.2, 0) is 0 Å². The zero-order chi connectivity index (χ0) is 21.6. The van der Waals surface area contributed by atoms with Crippen LogP contribution in [-0.4, -0.2) is 28.1 Å². The largest absolute Gasteiger partial charge is 0.493 e. The summed E-state index contributed by atoms with van der Waals surface area (Å²) in [6.07, 6.45) is 0. The van der Waals surface area contributed by atoms with Crippen molar-refractivity contribution in [2.45, 2.75) is 0 Å². The second kappa shape index (κ2) is 9.07. The fraction of sp³-hybridized carbons (Fsp3) is 0.154. The van der Waals surface area contributed by atoms with Crippen molar-refractivity contribution in [3.63, 3.8) is 0 Å². The van der Waals surface area contributed by atoms with Gasteiger partial charge in [0.15, 0.2) is 23.0 Å². The van der Waals surface area contributed by atoms with Gasteiger partial charge < -0.3 is 23.7 Å². The van der Waals surface area contributed by atoms with Crippen molar-refractivity contribution >= 4 is 0 Å². The van der Waals surface area contributed by atoms with E-state index in [0.29, 0.717) is 17.2 Å². The molecule has 4 rings (SSSR count). The summed E-state index contributed by atoms with van der Waals surface area (Å²) in [7, 11) is 4.73. The van der Waals surface area contributed by atoms with Gasteiger partial charge in [-0.3, -0.25) is 0 Å². The molecule has 3 aromatic carbocycles. The Morgan fingerprint density at radius 1 is 0.581 bits per heavy atom. The van der Waals surface area contributed by atoms with E-state index in [1.165, 1.54) is 0 Å². The molecule has 5 heteroatoms. The number of hydrogen-bond acceptors (Lipinski definition) is 5. The minimum atomic E-state index is 0.255. The quantitative estimate of drug-likeness (QED) is 0.602. The van der Waals surface area contributed by atoms with E-state index in [1.54, 1.807) is 21.3 Å². The molecule has 31 heavy (non-hydrogen) atoms. The van der Waals surface area contributed by atoms with Crippen LogP contribution in [0, 0.1) is 23.7 Å². The summed E-state index contributed by atoms with van der Waals surface area (Å²) in [6, 6.07) is 17.1. The van der Waals surface area contributed by atoms with Gasteiger partial charge in [0, 0.05) is 22.3 Å². The second-order valence-corrected chi connectivity index (χ2v) is 6.56. The summed E-state index contributed by atoms with van der Waals surface area (Å²) in [5, 5.41) is 0. The smallest absolute Gasteiger partial charge is 0.231 e. The maximum atomic E-state index is 5.38. The number of benzene rings is 3. The molecule has 0 aromatic heterocycles. The van der Waals surface area contributed by atoms with Gasteiger partial charge in [-0.1, -0.05) is 23.7 Å². The highest BCUT2D eigenvalue weighted by Gasteiger charge is 2.13. The van der Waals surface area contributed by atoms with Crippen LogP contribution < -0.4 is 23.7 Å². The van der Waals surface area contributed by atoms with Crippen molar-refractivity contribution in [2.75, 3.05) is 28.1 Å². The number of rotatable bonds is 3. The van der Waals surface area contributed by atoms with Crippen LogP contribution in [0.15, 0.2) is 54.6 Å². The standard InChI is InChI=1S/C26H20O5/c1-27-24-15-21(16-25(28-2)26(24)29-3)11-9-19-6-4-18(5-7-19)8-10-20-12-13-22-23(14-20)31-17-30-22/h4-7,12-16H,17H2,1-3H3. The molecule has 0 fully saturated rings. The lowest BCUT2D eigenvalue weighted by Crippen LogP contribution is -1.95. The van der Waals surface area contributed by atoms with E-state index >= 15 is 0 Å². The third-order valence-electron chi connectivity index (χ3n) is 4.62. The second-order valence-electron chi connectivity index (χ2n) is 6.56. The molecule has 3 aromatic rings. The van der Waals surface area contributed by atoms with Gasteiger partial charge in [0.25, 0.3) is 0 Å². The molecule has 154 valence electrons. The first-order valence-electron chi connectivity index (χ1n) is 9.54. The van der Waals surface area contributed by atoms with Crippen LogP contribution in [0.4, 0.5) is 0 Å². The number of fused-ring (bicyclic) bond motifs is 1. The Hall–Kier alpha value is -4.22. The first-order valence-corrected chi connectivity index (χ1v) is 9.54. The predicted molar refractivity (Wildman–Crippen MR) is 117 cm³/mol. The lowest BCUT2D eigenvalue weighted by molar-refractivity contribution is 0.174. The highest BCUT2D eigenvalue weighted by Crippen LogP contribution is 2.38. The molecule has 0 bridgehead atoms. The molecule has 0 saturated heterocycles. The summed E-state index contributed by atoms with van der Waals surface area (Å²) in [6.45, 7) is 0.255. The highest BCUT2D eigenvalue weighted by atomic mass is 16.7. The molecule has 0 saturated carbocycles. The van der Waals surface area contributed by atoms with Gasteiger partial charge >= 0.3 is 0 Å². The van der Waals surface area contributed by atoms with E-state index in [9.17, 15) is 0 Å². The average Bonchev–Trinajstić information content (AvgIpc) is 3.29. The van der Waals surface area contributed by atoms with E-state index in [-0.39, 0.29) is 6.79 Å². The average molecular weight is 412 g/mol.